The molecule has 0 radical (unpaired) electrons. The second-order valence-electron chi connectivity index (χ2n) is 6.19. The van der Waals surface area contributed by atoms with Crippen molar-refractivity contribution in [1.82, 2.24) is 10.3 Å². The van der Waals surface area contributed by atoms with E-state index in [2.05, 4.69) is 15.6 Å². The number of aromatic nitrogens is 1. The minimum atomic E-state index is -0.201. The van der Waals surface area contributed by atoms with E-state index in [0.717, 1.165) is 24.4 Å². The van der Waals surface area contributed by atoms with Gasteiger partial charge in [-0.1, -0.05) is 12.1 Å². The molecule has 1 fully saturated rings. The highest BCUT2D eigenvalue weighted by atomic mass is 32.1. The maximum atomic E-state index is 12.3. The number of nitrogens with one attached hydrogen (secondary N) is 2. The zero-order valence-corrected chi connectivity index (χ0v) is 14.7. The Morgan fingerprint density at radius 2 is 2.08 bits per heavy atom. The maximum Gasteiger partial charge on any atom is 0.257 e. The van der Waals surface area contributed by atoms with Gasteiger partial charge in [-0.05, 0) is 56.5 Å². The van der Waals surface area contributed by atoms with Gasteiger partial charge in [0.1, 0.15) is 5.69 Å². The third-order valence-electron chi connectivity index (χ3n) is 4.25. The third-order valence-corrected chi connectivity index (χ3v) is 5.14. The molecule has 1 atom stereocenters. The van der Waals surface area contributed by atoms with Crippen molar-refractivity contribution in [3.63, 3.8) is 0 Å². The molecule has 2 heterocycles. The fourth-order valence-corrected chi connectivity index (χ4v) is 3.82. The van der Waals surface area contributed by atoms with Gasteiger partial charge in [-0.2, -0.15) is 0 Å². The van der Waals surface area contributed by atoms with E-state index in [1.165, 1.54) is 30.2 Å². The number of benzene rings is 1. The number of amides is 1. The Morgan fingerprint density at radius 3 is 2.67 bits per heavy atom. The lowest BCUT2D eigenvalue weighted by atomic mass is 9.98. The van der Waals surface area contributed by atoms with Gasteiger partial charge in [0.05, 0.1) is 0 Å². The maximum absolute atomic E-state index is 12.3. The molecule has 6 heteroatoms. The number of aryl methyl sites for hydroxylation is 1. The summed E-state index contributed by atoms with van der Waals surface area (Å²) in [6.45, 7) is 5.48. The van der Waals surface area contributed by atoms with Gasteiger partial charge in [-0.15, -0.1) is 11.3 Å². The molecule has 5 nitrogen and oxygen atoms in total. The molecule has 3 rings (SSSR count). The van der Waals surface area contributed by atoms with Crippen LogP contribution in [0, 0.1) is 12.8 Å². The summed E-state index contributed by atoms with van der Waals surface area (Å²) < 4.78 is 0. The van der Waals surface area contributed by atoms with E-state index >= 15 is 0 Å². The molecule has 1 unspecified atom stereocenters. The molecular weight excluding hydrogens is 322 g/mol. The molecule has 1 aliphatic rings. The van der Waals surface area contributed by atoms with E-state index in [0.29, 0.717) is 22.3 Å². The van der Waals surface area contributed by atoms with Crippen molar-refractivity contribution in [2.75, 3.05) is 18.4 Å². The average molecular weight is 343 g/mol. The van der Waals surface area contributed by atoms with Crippen molar-refractivity contribution in [2.24, 2.45) is 5.92 Å². The molecule has 1 aliphatic heterocycles. The summed E-state index contributed by atoms with van der Waals surface area (Å²) in [7, 11) is 0. The van der Waals surface area contributed by atoms with Crippen LogP contribution in [0.3, 0.4) is 0 Å². The van der Waals surface area contributed by atoms with Crippen LogP contribution in [0.4, 0.5) is 5.13 Å². The van der Waals surface area contributed by atoms with E-state index in [9.17, 15) is 9.59 Å². The minimum absolute atomic E-state index is 0.0880. The van der Waals surface area contributed by atoms with Crippen LogP contribution >= 0.6 is 11.3 Å². The predicted octanol–water partition coefficient (Wildman–Crippen LogP) is 3.06. The van der Waals surface area contributed by atoms with Gasteiger partial charge in [0, 0.05) is 17.4 Å². The van der Waals surface area contributed by atoms with Gasteiger partial charge < -0.3 is 5.32 Å². The first kappa shape index (κ1) is 16.8. The van der Waals surface area contributed by atoms with Crippen LogP contribution in [-0.4, -0.2) is 29.8 Å². The van der Waals surface area contributed by atoms with Crippen molar-refractivity contribution in [1.29, 1.82) is 0 Å². The van der Waals surface area contributed by atoms with Crippen molar-refractivity contribution >= 4 is 28.2 Å². The quantitative estimate of drug-likeness (QED) is 0.819. The fraction of sp³-hybridized carbons (Fsp3) is 0.389. The second-order valence-corrected chi connectivity index (χ2v) is 7.40. The summed E-state index contributed by atoms with van der Waals surface area (Å²) in [4.78, 5) is 28.8. The summed E-state index contributed by atoms with van der Waals surface area (Å²) in [5.41, 5.74) is 2.28. The molecule has 1 amide bonds. The first-order valence-electron chi connectivity index (χ1n) is 8.12. The Bertz CT molecular complexity index is 746. The third kappa shape index (κ3) is 3.88. The molecule has 1 saturated heterocycles. The van der Waals surface area contributed by atoms with Gasteiger partial charge in [0.2, 0.25) is 0 Å². The standard InChI is InChI=1S/C18H21N3O2S/c1-11(22)16-12(2)24-18(20-16)21-17(23)15-5-3-13(4-6-15)9-14-7-8-19-10-14/h3-6,14,19H,7-10H2,1-2H3,(H,20,21,23). The minimum Gasteiger partial charge on any atom is -0.316 e. The molecule has 126 valence electrons. The summed E-state index contributed by atoms with van der Waals surface area (Å²) in [5.74, 6) is 0.399. The van der Waals surface area contributed by atoms with Crippen LogP contribution < -0.4 is 10.6 Å². The van der Waals surface area contributed by atoms with E-state index in [-0.39, 0.29) is 11.7 Å². The number of carbonyl (C=O) groups is 2. The average Bonchev–Trinajstić information content (AvgIpc) is 3.17. The number of nitrogens with zero attached hydrogens (tertiary/aromatic N) is 1. The topological polar surface area (TPSA) is 71.1 Å². The molecule has 2 N–H and O–H groups in total. The molecule has 1 aromatic carbocycles. The number of Topliss-reactive ketones (excluding diaryl/α,β-unsaturated/α-hetero) is 1. The molecular formula is C18H21N3O2S. The first-order chi connectivity index (χ1) is 11.5. The molecule has 24 heavy (non-hydrogen) atoms. The van der Waals surface area contributed by atoms with Crippen LogP contribution in [0.1, 0.15) is 44.6 Å². The Kier molecular flexibility index (Phi) is 5.06. The van der Waals surface area contributed by atoms with Gasteiger partial charge in [0.15, 0.2) is 10.9 Å². The van der Waals surface area contributed by atoms with Gasteiger partial charge in [-0.25, -0.2) is 4.98 Å². The number of ketones is 1. The predicted molar refractivity (Wildman–Crippen MR) is 95.9 cm³/mol. The summed E-state index contributed by atoms with van der Waals surface area (Å²) in [5, 5.41) is 6.61. The summed E-state index contributed by atoms with van der Waals surface area (Å²) >= 11 is 1.32. The van der Waals surface area contributed by atoms with Crippen LogP contribution in [0.2, 0.25) is 0 Å². The van der Waals surface area contributed by atoms with Crippen LogP contribution in [0.5, 0.6) is 0 Å². The van der Waals surface area contributed by atoms with Gasteiger partial charge >= 0.3 is 0 Å². The van der Waals surface area contributed by atoms with Crippen molar-refractivity contribution < 1.29 is 9.59 Å². The summed E-state index contributed by atoms with van der Waals surface area (Å²) in [6.07, 6.45) is 2.26. The zero-order valence-electron chi connectivity index (χ0n) is 13.9. The number of hydrogen-bond acceptors (Lipinski definition) is 5. The zero-order chi connectivity index (χ0) is 17.1. The van der Waals surface area contributed by atoms with Gasteiger partial charge in [-0.3, -0.25) is 14.9 Å². The van der Waals surface area contributed by atoms with Crippen LogP contribution in [-0.2, 0) is 6.42 Å². The lowest BCUT2D eigenvalue weighted by Gasteiger charge is -2.08. The van der Waals surface area contributed by atoms with Gasteiger partial charge in [0.25, 0.3) is 5.91 Å². The van der Waals surface area contributed by atoms with E-state index in [1.807, 2.05) is 31.2 Å². The smallest absolute Gasteiger partial charge is 0.257 e. The number of rotatable bonds is 5. The number of thiazole rings is 1. The Hall–Kier alpha value is -2.05. The van der Waals surface area contributed by atoms with E-state index in [1.54, 1.807) is 0 Å². The van der Waals surface area contributed by atoms with Crippen molar-refractivity contribution in [3.8, 4) is 0 Å². The van der Waals surface area contributed by atoms with E-state index in [4.69, 9.17) is 0 Å². The number of anilines is 1. The van der Waals surface area contributed by atoms with Crippen molar-refractivity contribution in [2.45, 2.75) is 26.7 Å². The van der Waals surface area contributed by atoms with E-state index < -0.39 is 0 Å². The van der Waals surface area contributed by atoms with Crippen molar-refractivity contribution in [3.05, 3.63) is 46.0 Å². The Morgan fingerprint density at radius 1 is 1.33 bits per heavy atom. The fourth-order valence-electron chi connectivity index (χ4n) is 2.96. The molecule has 0 bridgehead atoms. The molecule has 2 aromatic rings. The molecule has 0 saturated carbocycles. The van der Waals surface area contributed by atoms with Crippen LogP contribution in [0.15, 0.2) is 24.3 Å². The lowest BCUT2D eigenvalue weighted by Crippen LogP contribution is -2.13. The Balaban J connectivity index is 1.64. The van der Waals surface area contributed by atoms with Crippen LogP contribution in [0.25, 0.3) is 0 Å². The second kappa shape index (κ2) is 7.23. The largest absolute Gasteiger partial charge is 0.316 e. The molecule has 0 aliphatic carbocycles. The SMILES string of the molecule is CC(=O)c1nc(NC(=O)c2ccc(CC3CCNC3)cc2)sc1C. The first-order valence-corrected chi connectivity index (χ1v) is 8.94. The summed E-state index contributed by atoms with van der Waals surface area (Å²) in [6, 6.07) is 7.72. The highest BCUT2D eigenvalue weighted by Gasteiger charge is 2.16. The lowest BCUT2D eigenvalue weighted by molar-refractivity contribution is 0.100. The monoisotopic (exact) mass is 343 g/mol. The number of carbonyl (C=O) groups excluding carboxylic acids is 2. The Labute approximate surface area is 145 Å². The normalized spacial score (nSPS) is 17.0. The highest BCUT2D eigenvalue weighted by Crippen LogP contribution is 2.23. The molecule has 1 aromatic heterocycles. The number of hydrogen-bond donors (Lipinski definition) is 2. The highest BCUT2D eigenvalue weighted by molar-refractivity contribution is 7.16. The molecule has 0 spiro atoms.